The van der Waals surface area contributed by atoms with E-state index < -0.39 is 5.91 Å². The fourth-order valence-electron chi connectivity index (χ4n) is 2.11. The van der Waals surface area contributed by atoms with Crippen LogP contribution < -0.4 is 0 Å². The van der Waals surface area contributed by atoms with Gasteiger partial charge in [0.25, 0.3) is 0 Å². The molecule has 0 spiro atoms. The molecule has 5 nitrogen and oxygen atoms in total. The number of carbonyl (C=O) groups is 1. The number of hydrogen-bond donors (Lipinski definition) is 0. The SMILES string of the molecule is O=NC(=O)c1ccnc2ccc(-c3ccncc3)cc12. The third kappa shape index (κ3) is 2.05. The fourth-order valence-corrected chi connectivity index (χ4v) is 2.11. The second kappa shape index (κ2) is 4.97. The van der Waals surface area contributed by atoms with Gasteiger partial charge in [-0.25, -0.2) is 0 Å². The van der Waals surface area contributed by atoms with Crippen molar-refractivity contribution in [3.8, 4) is 11.1 Å². The monoisotopic (exact) mass is 263 g/mol. The summed E-state index contributed by atoms with van der Waals surface area (Å²) in [5.74, 6) is -0.788. The third-order valence-electron chi connectivity index (χ3n) is 3.07. The minimum Gasteiger partial charge on any atom is -0.265 e. The van der Waals surface area contributed by atoms with Gasteiger partial charge in [-0.2, -0.15) is 0 Å². The molecule has 1 aromatic carbocycles. The van der Waals surface area contributed by atoms with Crippen molar-refractivity contribution in [1.82, 2.24) is 9.97 Å². The highest BCUT2D eigenvalue weighted by atomic mass is 16.3. The largest absolute Gasteiger partial charge is 0.317 e. The maximum atomic E-state index is 11.6. The smallest absolute Gasteiger partial charge is 0.265 e. The van der Waals surface area contributed by atoms with Crippen molar-refractivity contribution in [3.05, 3.63) is 65.5 Å². The number of carbonyl (C=O) groups excluding carboxylic acids is 1. The number of amides is 1. The van der Waals surface area contributed by atoms with Crippen molar-refractivity contribution in [3.63, 3.8) is 0 Å². The van der Waals surface area contributed by atoms with Crippen LogP contribution >= 0.6 is 0 Å². The summed E-state index contributed by atoms with van der Waals surface area (Å²) in [6, 6.07) is 10.8. The molecule has 20 heavy (non-hydrogen) atoms. The molecule has 2 aromatic heterocycles. The van der Waals surface area contributed by atoms with Gasteiger partial charge in [0, 0.05) is 29.2 Å². The molecule has 0 aliphatic rings. The first-order valence-corrected chi connectivity index (χ1v) is 5.96. The van der Waals surface area contributed by atoms with E-state index >= 15 is 0 Å². The Morgan fingerprint density at radius 1 is 0.950 bits per heavy atom. The van der Waals surface area contributed by atoms with Crippen LogP contribution in [-0.4, -0.2) is 15.9 Å². The van der Waals surface area contributed by atoms with Crippen molar-refractivity contribution in [1.29, 1.82) is 0 Å². The summed E-state index contributed by atoms with van der Waals surface area (Å²) in [5.41, 5.74) is 2.81. The normalized spacial score (nSPS) is 10.4. The minimum absolute atomic E-state index is 0.265. The molecule has 0 atom stereocenters. The molecule has 1 amide bonds. The van der Waals surface area contributed by atoms with E-state index in [0.29, 0.717) is 10.9 Å². The molecular weight excluding hydrogens is 254 g/mol. The topological polar surface area (TPSA) is 72.3 Å². The number of pyridine rings is 2. The minimum atomic E-state index is -0.788. The fraction of sp³-hybridized carbons (Fsp3) is 0. The van der Waals surface area contributed by atoms with Gasteiger partial charge in [0.05, 0.1) is 11.1 Å². The maximum Gasteiger partial charge on any atom is 0.317 e. The highest BCUT2D eigenvalue weighted by Gasteiger charge is 2.11. The highest BCUT2D eigenvalue weighted by Crippen LogP contribution is 2.25. The van der Waals surface area contributed by atoms with Gasteiger partial charge in [-0.05, 0) is 41.5 Å². The number of aromatic nitrogens is 2. The van der Waals surface area contributed by atoms with Crippen LogP contribution in [0.15, 0.2) is 60.2 Å². The van der Waals surface area contributed by atoms with Crippen molar-refractivity contribution in [2.75, 3.05) is 0 Å². The average Bonchev–Trinajstić information content (AvgIpc) is 2.54. The summed E-state index contributed by atoms with van der Waals surface area (Å²) in [5, 5.41) is 3.10. The molecule has 0 saturated carbocycles. The van der Waals surface area contributed by atoms with Gasteiger partial charge in [-0.15, -0.1) is 4.91 Å². The van der Waals surface area contributed by atoms with Gasteiger partial charge in [-0.1, -0.05) is 6.07 Å². The van der Waals surface area contributed by atoms with Crippen LogP contribution in [0.3, 0.4) is 0 Å². The number of rotatable bonds is 2. The lowest BCUT2D eigenvalue weighted by Crippen LogP contribution is -1.96. The van der Waals surface area contributed by atoms with Crippen LogP contribution in [0, 0.1) is 4.91 Å². The zero-order valence-electron chi connectivity index (χ0n) is 10.4. The Balaban J connectivity index is 2.24. The lowest BCUT2D eigenvalue weighted by atomic mass is 10.0. The number of fused-ring (bicyclic) bond motifs is 1. The van der Waals surface area contributed by atoms with Gasteiger partial charge >= 0.3 is 5.91 Å². The lowest BCUT2D eigenvalue weighted by Gasteiger charge is -2.05. The molecule has 0 bridgehead atoms. The highest BCUT2D eigenvalue weighted by molar-refractivity contribution is 6.07. The van der Waals surface area contributed by atoms with E-state index in [9.17, 15) is 9.70 Å². The van der Waals surface area contributed by atoms with Crippen LogP contribution in [0.2, 0.25) is 0 Å². The van der Waals surface area contributed by atoms with Crippen molar-refractivity contribution < 1.29 is 4.79 Å². The number of benzene rings is 1. The van der Waals surface area contributed by atoms with Crippen LogP contribution in [0.5, 0.6) is 0 Å². The van der Waals surface area contributed by atoms with Crippen molar-refractivity contribution >= 4 is 16.8 Å². The molecule has 0 unspecified atom stereocenters. The first-order valence-electron chi connectivity index (χ1n) is 5.96. The first-order chi connectivity index (χ1) is 9.79. The van der Waals surface area contributed by atoms with Gasteiger partial charge < -0.3 is 0 Å². The Morgan fingerprint density at radius 2 is 1.75 bits per heavy atom. The Morgan fingerprint density at radius 3 is 2.50 bits per heavy atom. The van der Waals surface area contributed by atoms with E-state index in [-0.39, 0.29) is 5.56 Å². The zero-order valence-corrected chi connectivity index (χ0v) is 10.4. The van der Waals surface area contributed by atoms with Crippen molar-refractivity contribution in [2.45, 2.75) is 0 Å². The quantitative estimate of drug-likeness (QED) is 0.665. The molecule has 96 valence electrons. The maximum absolute atomic E-state index is 11.6. The summed E-state index contributed by atoms with van der Waals surface area (Å²) < 4.78 is 0. The van der Waals surface area contributed by atoms with E-state index in [1.165, 1.54) is 12.3 Å². The molecule has 3 aromatic rings. The number of nitrogens with zero attached hydrogens (tertiary/aromatic N) is 3. The number of nitroso groups, excluding NO2 is 1. The van der Waals surface area contributed by atoms with Gasteiger partial charge in [-0.3, -0.25) is 14.8 Å². The second-order valence-corrected chi connectivity index (χ2v) is 4.22. The predicted molar refractivity (Wildman–Crippen MR) is 75.1 cm³/mol. The van der Waals surface area contributed by atoms with E-state index in [0.717, 1.165) is 11.1 Å². The summed E-state index contributed by atoms with van der Waals surface area (Å²) in [7, 11) is 0. The summed E-state index contributed by atoms with van der Waals surface area (Å²) in [4.78, 5) is 30.2. The van der Waals surface area contributed by atoms with Gasteiger partial charge in [0.1, 0.15) is 0 Å². The molecule has 0 N–H and O–H groups in total. The zero-order chi connectivity index (χ0) is 13.9. The van der Waals surface area contributed by atoms with E-state index in [1.807, 2.05) is 30.3 Å². The van der Waals surface area contributed by atoms with Gasteiger partial charge in [0.15, 0.2) is 0 Å². The molecule has 0 saturated heterocycles. The molecule has 5 heteroatoms. The van der Waals surface area contributed by atoms with Crippen molar-refractivity contribution in [2.24, 2.45) is 5.18 Å². The van der Waals surface area contributed by atoms with E-state index in [4.69, 9.17) is 0 Å². The molecule has 3 rings (SSSR count). The number of hydrogen-bond acceptors (Lipinski definition) is 4. The molecule has 0 fully saturated rings. The summed E-state index contributed by atoms with van der Waals surface area (Å²) in [6.07, 6.45) is 4.89. The Hall–Kier alpha value is -2.95. The molecule has 0 radical (unpaired) electrons. The van der Waals surface area contributed by atoms with Crippen LogP contribution in [0.4, 0.5) is 0 Å². The molecule has 2 heterocycles. The van der Waals surface area contributed by atoms with Gasteiger partial charge in [0.2, 0.25) is 0 Å². The van der Waals surface area contributed by atoms with Crippen LogP contribution in [0.25, 0.3) is 22.0 Å². The summed E-state index contributed by atoms with van der Waals surface area (Å²) in [6.45, 7) is 0. The Kier molecular flexibility index (Phi) is 3.01. The lowest BCUT2D eigenvalue weighted by molar-refractivity contribution is 0.100. The Bertz CT molecular complexity index is 801. The molecule has 0 aliphatic heterocycles. The van der Waals surface area contributed by atoms with Crippen LogP contribution in [0.1, 0.15) is 10.4 Å². The summed E-state index contributed by atoms with van der Waals surface area (Å²) >= 11 is 0. The van der Waals surface area contributed by atoms with E-state index in [1.54, 1.807) is 12.4 Å². The third-order valence-corrected chi connectivity index (χ3v) is 3.07. The molecule has 0 aliphatic carbocycles. The standard InChI is InChI=1S/C15H9N3O2/c19-15(18-20)12-5-8-17-14-2-1-11(9-13(12)14)10-3-6-16-7-4-10/h1-9H. The predicted octanol–water partition coefficient (Wildman–Crippen LogP) is 3.20. The average molecular weight is 263 g/mol. The Labute approximate surface area is 114 Å². The second-order valence-electron chi connectivity index (χ2n) is 4.22. The first kappa shape index (κ1) is 12.1. The molecular formula is C15H9N3O2. The van der Waals surface area contributed by atoms with Crippen LogP contribution in [-0.2, 0) is 0 Å². The van der Waals surface area contributed by atoms with E-state index in [2.05, 4.69) is 15.1 Å².